The fourth-order valence-corrected chi connectivity index (χ4v) is 2.60. The van der Waals surface area contributed by atoms with Crippen molar-refractivity contribution in [1.29, 1.82) is 0 Å². The maximum atomic E-state index is 12.3. The van der Waals surface area contributed by atoms with Gasteiger partial charge < -0.3 is 19.9 Å². The molecule has 1 aromatic heterocycles. The molecule has 0 aliphatic heterocycles. The quantitative estimate of drug-likeness (QED) is 0.733. The predicted octanol–water partition coefficient (Wildman–Crippen LogP) is 3.04. The van der Waals surface area contributed by atoms with Gasteiger partial charge in [0.1, 0.15) is 11.4 Å². The monoisotopic (exact) mass is 323 g/mol. The molecule has 0 radical (unpaired) electrons. The van der Waals surface area contributed by atoms with Gasteiger partial charge >= 0.3 is 0 Å². The highest BCUT2D eigenvalue weighted by molar-refractivity contribution is 5.98. The standard InChI is InChI=1S/C19H21N3O2/c1-22(15-6-4-3-5-7-15)11-10-20-19(23)18-12-14-8-9-16(24-2)13-17(14)21-18/h3-9,12-13,21H,10-11H2,1-2H3,(H,20,23). The summed E-state index contributed by atoms with van der Waals surface area (Å²) in [6.07, 6.45) is 0. The normalized spacial score (nSPS) is 10.6. The van der Waals surface area contributed by atoms with Crippen LogP contribution in [-0.2, 0) is 0 Å². The molecule has 0 aliphatic carbocycles. The van der Waals surface area contributed by atoms with Crippen molar-refractivity contribution in [3.8, 4) is 5.75 Å². The number of carbonyl (C=O) groups excluding carboxylic acids is 1. The van der Waals surface area contributed by atoms with Crippen molar-refractivity contribution < 1.29 is 9.53 Å². The first kappa shape index (κ1) is 15.9. The molecule has 2 aromatic carbocycles. The Morgan fingerprint density at radius 2 is 1.96 bits per heavy atom. The number of aromatic amines is 1. The van der Waals surface area contributed by atoms with Crippen molar-refractivity contribution in [3.05, 3.63) is 60.3 Å². The Bertz CT molecular complexity index is 827. The lowest BCUT2D eigenvalue weighted by Gasteiger charge is -2.19. The van der Waals surface area contributed by atoms with Gasteiger partial charge in [-0.1, -0.05) is 18.2 Å². The third-order valence-corrected chi connectivity index (χ3v) is 4.00. The van der Waals surface area contributed by atoms with Crippen molar-refractivity contribution >= 4 is 22.5 Å². The van der Waals surface area contributed by atoms with Gasteiger partial charge in [0.05, 0.1) is 7.11 Å². The van der Waals surface area contributed by atoms with Gasteiger partial charge in [0, 0.05) is 42.8 Å². The van der Waals surface area contributed by atoms with E-state index in [0.29, 0.717) is 12.2 Å². The molecule has 0 saturated heterocycles. The molecule has 0 unspecified atom stereocenters. The summed E-state index contributed by atoms with van der Waals surface area (Å²) in [4.78, 5) is 17.5. The summed E-state index contributed by atoms with van der Waals surface area (Å²) in [6, 6.07) is 17.6. The molecule has 5 nitrogen and oxygen atoms in total. The number of H-pyrrole nitrogens is 1. The number of hydrogen-bond donors (Lipinski definition) is 2. The molecule has 0 bridgehead atoms. The minimum absolute atomic E-state index is 0.105. The van der Waals surface area contributed by atoms with E-state index < -0.39 is 0 Å². The number of amides is 1. The molecule has 1 amide bonds. The largest absolute Gasteiger partial charge is 0.497 e. The molecule has 0 saturated carbocycles. The first-order valence-corrected chi connectivity index (χ1v) is 7.88. The maximum absolute atomic E-state index is 12.3. The molecule has 2 N–H and O–H groups in total. The Kier molecular flexibility index (Phi) is 4.70. The molecule has 124 valence electrons. The summed E-state index contributed by atoms with van der Waals surface area (Å²) in [5.74, 6) is 0.660. The predicted molar refractivity (Wildman–Crippen MR) is 96.9 cm³/mol. The molecule has 0 spiro atoms. The van der Waals surface area contributed by atoms with Gasteiger partial charge in [-0.05, 0) is 30.3 Å². The second-order valence-corrected chi connectivity index (χ2v) is 5.65. The number of rotatable bonds is 6. The van der Waals surface area contributed by atoms with E-state index in [1.165, 1.54) is 0 Å². The third kappa shape index (κ3) is 3.51. The molecular formula is C19H21N3O2. The van der Waals surface area contributed by atoms with Crippen molar-refractivity contribution in [3.63, 3.8) is 0 Å². The number of methoxy groups -OCH3 is 1. The second kappa shape index (κ2) is 7.08. The van der Waals surface area contributed by atoms with Crippen molar-refractivity contribution in [2.45, 2.75) is 0 Å². The molecule has 1 heterocycles. The zero-order valence-electron chi connectivity index (χ0n) is 13.9. The van der Waals surface area contributed by atoms with E-state index in [1.807, 2.05) is 61.6 Å². The Morgan fingerprint density at radius 1 is 1.17 bits per heavy atom. The summed E-state index contributed by atoms with van der Waals surface area (Å²) >= 11 is 0. The van der Waals surface area contributed by atoms with Crippen molar-refractivity contribution in [2.24, 2.45) is 0 Å². The van der Waals surface area contributed by atoms with Crippen LogP contribution in [0.5, 0.6) is 5.75 Å². The van der Waals surface area contributed by atoms with Crippen LogP contribution < -0.4 is 15.0 Å². The number of benzene rings is 2. The maximum Gasteiger partial charge on any atom is 0.267 e. The minimum atomic E-state index is -0.105. The third-order valence-electron chi connectivity index (χ3n) is 4.00. The topological polar surface area (TPSA) is 57.4 Å². The lowest BCUT2D eigenvalue weighted by Crippen LogP contribution is -2.33. The molecule has 0 fully saturated rings. The number of carbonyl (C=O) groups is 1. The Morgan fingerprint density at radius 3 is 2.71 bits per heavy atom. The van der Waals surface area contributed by atoms with E-state index in [0.717, 1.165) is 28.9 Å². The summed E-state index contributed by atoms with van der Waals surface area (Å²) in [5, 5.41) is 3.93. The number of nitrogens with one attached hydrogen (secondary N) is 2. The van der Waals surface area contributed by atoms with Crippen LogP contribution in [0.3, 0.4) is 0 Å². The van der Waals surface area contributed by atoms with Crippen LogP contribution in [0.15, 0.2) is 54.6 Å². The van der Waals surface area contributed by atoms with E-state index in [9.17, 15) is 4.79 Å². The van der Waals surface area contributed by atoms with Gasteiger partial charge in [-0.25, -0.2) is 0 Å². The summed E-state index contributed by atoms with van der Waals surface area (Å²) in [5.41, 5.74) is 2.57. The van der Waals surface area contributed by atoms with E-state index >= 15 is 0 Å². The van der Waals surface area contributed by atoms with Crippen LogP contribution in [0.25, 0.3) is 10.9 Å². The van der Waals surface area contributed by atoms with Gasteiger partial charge in [0.15, 0.2) is 0 Å². The van der Waals surface area contributed by atoms with Gasteiger partial charge in [-0.15, -0.1) is 0 Å². The summed E-state index contributed by atoms with van der Waals surface area (Å²) in [6.45, 7) is 1.31. The number of fused-ring (bicyclic) bond motifs is 1. The smallest absolute Gasteiger partial charge is 0.267 e. The summed E-state index contributed by atoms with van der Waals surface area (Å²) in [7, 11) is 3.64. The van der Waals surface area contributed by atoms with E-state index in [1.54, 1.807) is 7.11 Å². The highest BCUT2D eigenvalue weighted by Gasteiger charge is 2.10. The zero-order valence-corrected chi connectivity index (χ0v) is 13.9. The number of anilines is 1. The van der Waals surface area contributed by atoms with E-state index in [2.05, 4.69) is 15.2 Å². The van der Waals surface area contributed by atoms with Crippen molar-refractivity contribution in [1.82, 2.24) is 10.3 Å². The number of aromatic nitrogens is 1. The van der Waals surface area contributed by atoms with Crippen LogP contribution in [-0.4, -0.2) is 38.1 Å². The Hall–Kier alpha value is -2.95. The molecule has 24 heavy (non-hydrogen) atoms. The van der Waals surface area contributed by atoms with Crippen LogP contribution in [0.2, 0.25) is 0 Å². The SMILES string of the molecule is COc1ccc2cc(C(=O)NCCN(C)c3ccccc3)[nH]c2c1. The molecular weight excluding hydrogens is 302 g/mol. The summed E-state index contributed by atoms with van der Waals surface area (Å²) < 4.78 is 5.20. The average Bonchev–Trinajstić information content (AvgIpc) is 3.05. The lowest BCUT2D eigenvalue weighted by molar-refractivity contribution is 0.0950. The van der Waals surface area contributed by atoms with Gasteiger partial charge in [-0.2, -0.15) is 0 Å². The first-order valence-electron chi connectivity index (χ1n) is 7.88. The highest BCUT2D eigenvalue weighted by atomic mass is 16.5. The number of para-hydroxylation sites is 1. The number of hydrogen-bond acceptors (Lipinski definition) is 3. The fraction of sp³-hybridized carbons (Fsp3) is 0.211. The minimum Gasteiger partial charge on any atom is -0.497 e. The van der Waals surface area contributed by atoms with Crippen LogP contribution in [0, 0.1) is 0 Å². The molecule has 3 rings (SSSR count). The Labute approximate surface area is 141 Å². The van der Waals surface area contributed by atoms with Gasteiger partial charge in [-0.3, -0.25) is 4.79 Å². The van der Waals surface area contributed by atoms with E-state index in [4.69, 9.17) is 4.74 Å². The highest BCUT2D eigenvalue weighted by Crippen LogP contribution is 2.21. The van der Waals surface area contributed by atoms with E-state index in [-0.39, 0.29) is 5.91 Å². The first-order chi connectivity index (χ1) is 11.7. The average molecular weight is 323 g/mol. The van der Waals surface area contributed by atoms with Crippen molar-refractivity contribution in [2.75, 3.05) is 32.1 Å². The van der Waals surface area contributed by atoms with Gasteiger partial charge in [0.25, 0.3) is 5.91 Å². The fourth-order valence-electron chi connectivity index (χ4n) is 2.60. The van der Waals surface area contributed by atoms with Gasteiger partial charge in [0.2, 0.25) is 0 Å². The number of nitrogens with zero attached hydrogens (tertiary/aromatic N) is 1. The number of ether oxygens (including phenoxy) is 1. The zero-order chi connectivity index (χ0) is 16.9. The second-order valence-electron chi connectivity index (χ2n) is 5.65. The number of likely N-dealkylation sites (N-methyl/N-ethyl adjacent to an activating group) is 1. The Balaban J connectivity index is 1.59. The van der Waals surface area contributed by atoms with Crippen LogP contribution in [0.1, 0.15) is 10.5 Å². The van der Waals surface area contributed by atoms with Crippen LogP contribution in [0.4, 0.5) is 5.69 Å². The molecule has 5 heteroatoms. The van der Waals surface area contributed by atoms with Crippen LogP contribution >= 0.6 is 0 Å². The lowest BCUT2D eigenvalue weighted by atomic mass is 10.2. The molecule has 0 aliphatic rings. The molecule has 0 atom stereocenters. The molecule has 3 aromatic rings.